The lowest BCUT2D eigenvalue weighted by atomic mass is 9.93. The van der Waals surface area contributed by atoms with Crippen molar-refractivity contribution in [3.63, 3.8) is 0 Å². The van der Waals surface area contributed by atoms with E-state index >= 15 is 0 Å². The van der Waals surface area contributed by atoms with Crippen LogP contribution in [0.1, 0.15) is 39.2 Å². The second kappa shape index (κ2) is 11.8. The number of hydrogen-bond acceptors (Lipinski definition) is 5. The highest BCUT2D eigenvalue weighted by Crippen LogP contribution is 2.21. The van der Waals surface area contributed by atoms with Crippen LogP contribution in [0, 0.1) is 5.92 Å². The number of carbonyl (C=O) groups excluding carboxylic acids is 2. The van der Waals surface area contributed by atoms with Gasteiger partial charge in [-0.05, 0) is 26.3 Å². The fourth-order valence-electron chi connectivity index (χ4n) is 2.52. The summed E-state index contributed by atoms with van der Waals surface area (Å²) in [6.45, 7) is 6.33. The first-order valence-electron chi connectivity index (χ1n) is 9.41. The first-order valence-corrected chi connectivity index (χ1v) is 9.41. The number of nitrogens with one attached hydrogen (secondary N) is 1. The molecule has 0 fully saturated rings. The van der Waals surface area contributed by atoms with E-state index in [2.05, 4.69) is 5.32 Å². The molecule has 0 aliphatic heterocycles. The molecule has 1 aromatic rings. The van der Waals surface area contributed by atoms with Crippen LogP contribution in [0.15, 0.2) is 54.1 Å². The van der Waals surface area contributed by atoms with Gasteiger partial charge in [-0.1, -0.05) is 55.0 Å². The minimum Gasteiger partial charge on any atom is -0.481 e. The molecular weight excluding hydrogens is 374 g/mol. The number of benzene rings is 1. The summed E-state index contributed by atoms with van der Waals surface area (Å²) in [5.41, 5.74) is 1.52. The number of carboxylic acid groups (broad SMARTS) is 1. The highest BCUT2D eigenvalue weighted by molar-refractivity contribution is 5.92. The van der Waals surface area contributed by atoms with Gasteiger partial charge in [-0.15, -0.1) is 0 Å². The number of esters is 1. The van der Waals surface area contributed by atoms with Crippen molar-refractivity contribution in [2.75, 3.05) is 6.61 Å². The van der Waals surface area contributed by atoms with Crippen molar-refractivity contribution in [3.8, 4) is 0 Å². The minimum atomic E-state index is -1.07. The van der Waals surface area contributed by atoms with Crippen molar-refractivity contribution in [2.45, 2.75) is 45.8 Å². The van der Waals surface area contributed by atoms with E-state index in [-0.39, 0.29) is 6.61 Å². The van der Waals surface area contributed by atoms with Gasteiger partial charge in [0.2, 0.25) is 5.91 Å². The van der Waals surface area contributed by atoms with Gasteiger partial charge in [0.15, 0.2) is 0 Å². The predicted octanol–water partition coefficient (Wildman–Crippen LogP) is 2.42. The molecule has 3 N–H and O–H groups in total. The quantitative estimate of drug-likeness (QED) is 0.314. The predicted molar refractivity (Wildman–Crippen MR) is 109 cm³/mol. The minimum absolute atomic E-state index is 0.141. The molecule has 1 aromatic carbocycles. The molecule has 0 aliphatic carbocycles. The Labute approximate surface area is 171 Å². The van der Waals surface area contributed by atoms with Crippen LogP contribution < -0.4 is 5.32 Å². The number of hydrogen-bond donors (Lipinski definition) is 3. The van der Waals surface area contributed by atoms with Crippen molar-refractivity contribution in [1.29, 1.82) is 0 Å². The van der Waals surface area contributed by atoms with Crippen LogP contribution in [-0.4, -0.2) is 46.8 Å². The van der Waals surface area contributed by atoms with Crippen LogP contribution in [0.2, 0.25) is 0 Å². The zero-order valence-electron chi connectivity index (χ0n) is 17.2. The number of aliphatic carboxylic acids is 1. The van der Waals surface area contributed by atoms with E-state index in [0.717, 1.165) is 5.56 Å². The maximum Gasteiger partial charge on any atom is 0.329 e. The molecule has 0 unspecified atom stereocenters. The topological polar surface area (TPSA) is 113 Å². The molecule has 7 heteroatoms. The normalized spacial score (nSPS) is 16.0. The summed E-state index contributed by atoms with van der Waals surface area (Å²) in [6, 6.07) is 8.18. The molecule has 0 heterocycles. The second-order valence-electron chi connectivity index (χ2n) is 6.92. The monoisotopic (exact) mass is 403 g/mol. The number of carboxylic acids is 1. The molecule has 158 valence electrons. The Morgan fingerprint density at radius 1 is 1.10 bits per heavy atom. The lowest BCUT2D eigenvalue weighted by Gasteiger charge is -2.26. The Kier molecular flexibility index (Phi) is 9.82. The molecule has 7 nitrogen and oxygen atoms in total. The lowest BCUT2D eigenvalue weighted by molar-refractivity contribution is -0.159. The van der Waals surface area contributed by atoms with Gasteiger partial charge in [0.25, 0.3) is 0 Å². The van der Waals surface area contributed by atoms with E-state index in [0.29, 0.717) is 5.57 Å². The van der Waals surface area contributed by atoms with Crippen molar-refractivity contribution in [2.24, 2.45) is 5.92 Å². The summed E-state index contributed by atoms with van der Waals surface area (Å²) < 4.78 is 5.34. The Morgan fingerprint density at radius 3 is 2.28 bits per heavy atom. The summed E-state index contributed by atoms with van der Waals surface area (Å²) in [4.78, 5) is 36.2. The molecule has 0 saturated carbocycles. The summed E-state index contributed by atoms with van der Waals surface area (Å²) in [6.07, 6.45) is 3.48. The molecule has 1 rings (SSSR count). The molecule has 0 saturated heterocycles. The summed E-state index contributed by atoms with van der Waals surface area (Å²) >= 11 is 0. The number of aliphatic hydroxyl groups excluding tert-OH is 1. The number of allylic oxidation sites excluding steroid dienone is 2. The van der Waals surface area contributed by atoms with E-state index in [1.807, 2.05) is 30.3 Å². The number of rotatable bonds is 10. The smallest absolute Gasteiger partial charge is 0.329 e. The zero-order valence-corrected chi connectivity index (χ0v) is 17.2. The van der Waals surface area contributed by atoms with Crippen LogP contribution in [0.4, 0.5) is 0 Å². The average molecular weight is 403 g/mol. The van der Waals surface area contributed by atoms with Crippen LogP contribution in [0.25, 0.3) is 0 Å². The fourth-order valence-corrected chi connectivity index (χ4v) is 2.52. The average Bonchev–Trinajstić information content (AvgIpc) is 2.70. The van der Waals surface area contributed by atoms with Gasteiger partial charge in [0, 0.05) is 12.0 Å². The first-order chi connectivity index (χ1) is 13.7. The summed E-state index contributed by atoms with van der Waals surface area (Å²) in [7, 11) is 0. The Bertz CT molecular complexity index is 756. The van der Waals surface area contributed by atoms with Gasteiger partial charge in [0.05, 0.1) is 12.5 Å². The molecule has 0 bridgehead atoms. The number of aliphatic hydroxyl groups is 1. The maximum absolute atomic E-state index is 12.8. The number of carbonyl (C=O) groups is 3. The summed E-state index contributed by atoms with van der Waals surface area (Å²) in [5, 5.41) is 20.6. The molecule has 4 atom stereocenters. The molecular formula is C22H29NO6. The zero-order chi connectivity index (χ0) is 22.0. The van der Waals surface area contributed by atoms with E-state index < -0.39 is 41.8 Å². The maximum atomic E-state index is 12.8. The van der Waals surface area contributed by atoms with Crippen molar-refractivity contribution < 1.29 is 29.3 Å². The third kappa shape index (κ3) is 7.91. The molecule has 0 aliphatic rings. The van der Waals surface area contributed by atoms with Crippen molar-refractivity contribution in [1.82, 2.24) is 5.32 Å². The van der Waals surface area contributed by atoms with Gasteiger partial charge >= 0.3 is 11.9 Å². The highest BCUT2D eigenvalue weighted by Gasteiger charge is 2.32. The van der Waals surface area contributed by atoms with Crippen LogP contribution in [0.3, 0.4) is 0 Å². The summed E-state index contributed by atoms with van der Waals surface area (Å²) in [5.74, 6) is -3.56. The van der Waals surface area contributed by atoms with E-state index in [9.17, 15) is 14.4 Å². The fraction of sp³-hybridized carbons (Fsp3) is 0.409. The van der Waals surface area contributed by atoms with Crippen molar-refractivity contribution >= 4 is 17.8 Å². The molecule has 0 radical (unpaired) electrons. The Morgan fingerprint density at radius 2 is 1.72 bits per heavy atom. The van der Waals surface area contributed by atoms with E-state index in [1.54, 1.807) is 13.8 Å². The lowest BCUT2D eigenvalue weighted by Crippen LogP contribution is -2.46. The first kappa shape index (κ1) is 24.1. The van der Waals surface area contributed by atoms with Gasteiger partial charge in [-0.2, -0.15) is 0 Å². The third-order valence-electron chi connectivity index (χ3n) is 4.68. The number of ether oxygens (including phenoxy) is 1. The van der Waals surface area contributed by atoms with E-state index in [4.69, 9.17) is 14.9 Å². The largest absolute Gasteiger partial charge is 0.481 e. The van der Waals surface area contributed by atoms with Crippen LogP contribution in [-0.2, 0) is 19.1 Å². The molecule has 1 amide bonds. The van der Waals surface area contributed by atoms with Gasteiger partial charge < -0.3 is 20.3 Å². The standard InChI is InChI=1S/C22H29NO6/c1-14(12-13-24)10-11-19(25)23-20(16(3)18-8-6-5-7-9-18)22(28)29-17(4)15(2)21(26)27/h5-12,15-17,20,24H,13H2,1-4H3,(H,23,25)(H,26,27)/b11-10+,14-12+/t15-,16+,17+,20+/m0/s1. The third-order valence-corrected chi connectivity index (χ3v) is 4.68. The van der Waals surface area contributed by atoms with Gasteiger partial charge in [0.1, 0.15) is 12.1 Å². The van der Waals surface area contributed by atoms with Gasteiger partial charge in [-0.25, -0.2) is 4.79 Å². The van der Waals surface area contributed by atoms with Crippen molar-refractivity contribution in [3.05, 3.63) is 59.7 Å². The second-order valence-corrected chi connectivity index (χ2v) is 6.92. The Balaban J connectivity index is 3.02. The van der Waals surface area contributed by atoms with Gasteiger partial charge in [-0.3, -0.25) is 9.59 Å². The SMILES string of the molecule is CC(/C=C/C(=O)N[C@@H](C(=O)O[C@H](C)[C@H](C)C(=O)O)[C@H](C)c1ccccc1)=C\CO. The highest BCUT2D eigenvalue weighted by atomic mass is 16.5. The molecule has 0 aromatic heterocycles. The van der Waals surface area contributed by atoms with Crippen LogP contribution >= 0.6 is 0 Å². The van der Waals surface area contributed by atoms with E-state index in [1.165, 1.54) is 32.1 Å². The molecule has 29 heavy (non-hydrogen) atoms. The Hall–Kier alpha value is -2.93. The van der Waals surface area contributed by atoms with Crippen LogP contribution in [0.5, 0.6) is 0 Å². The molecule has 0 spiro atoms. The number of amides is 1.